The van der Waals surface area contributed by atoms with Gasteiger partial charge in [-0.3, -0.25) is 9.88 Å². The zero-order valence-corrected chi connectivity index (χ0v) is 12.9. The van der Waals surface area contributed by atoms with Gasteiger partial charge in [-0.1, -0.05) is 50.2 Å². The molecule has 21 heavy (non-hydrogen) atoms. The van der Waals surface area contributed by atoms with Crippen molar-refractivity contribution in [2.75, 3.05) is 6.54 Å². The Balaban J connectivity index is 2.25. The van der Waals surface area contributed by atoms with E-state index in [-0.39, 0.29) is 12.1 Å². The Hall–Kier alpha value is -1.71. The highest BCUT2D eigenvalue weighted by molar-refractivity contribution is 5.17. The second-order valence-electron chi connectivity index (χ2n) is 5.32. The topological polar surface area (TPSA) is 42.1 Å². The molecule has 2 rings (SSSR count). The van der Waals surface area contributed by atoms with Crippen LogP contribution in [0.15, 0.2) is 54.7 Å². The van der Waals surface area contributed by atoms with Gasteiger partial charge in [-0.15, -0.1) is 0 Å². The minimum absolute atomic E-state index is 0.0866. The first kappa shape index (κ1) is 15.7. The van der Waals surface area contributed by atoms with Crippen LogP contribution < -0.4 is 5.73 Å². The molecule has 0 aliphatic carbocycles. The average molecular weight is 283 g/mol. The van der Waals surface area contributed by atoms with Crippen molar-refractivity contribution in [3.63, 3.8) is 0 Å². The number of hydrogen-bond donors (Lipinski definition) is 1. The summed E-state index contributed by atoms with van der Waals surface area (Å²) in [5.41, 5.74) is 8.77. The lowest BCUT2D eigenvalue weighted by Crippen LogP contribution is -2.41. The number of nitrogens with two attached hydrogens (primary N) is 1. The highest BCUT2D eigenvalue weighted by Crippen LogP contribution is 2.25. The third-order valence-electron chi connectivity index (χ3n) is 3.90. The van der Waals surface area contributed by atoms with Crippen LogP contribution in [0.3, 0.4) is 0 Å². The molecular formula is C18H25N3. The Morgan fingerprint density at radius 2 is 1.76 bits per heavy atom. The SMILES string of the molecule is CCC(N)C(c1ccccn1)N(CC)Cc1ccccc1. The Morgan fingerprint density at radius 1 is 1.05 bits per heavy atom. The summed E-state index contributed by atoms with van der Waals surface area (Å²) >= 11 is 0. The average Bonchev–Trinajstić information content (AvgIpc) is 2.56. The molecule has 0 bridgehead atoms. The van der Waals surface area contributed by atoms with Crippen molar-refractivity contribution >= 4 is 0 Å². The molecule has 1 heterocycles. The predicted octanol–water partition coefficient (Wildman–Crippen LogP) is 3.38. The van der Waals surface area contributed by atoms with Gasteiger partial charge in [-0.2, -0.15) is 0 Å². The highest BCUT2D eigenvalue weighted by atomic mass is 15.2. The van der Waals surface area contributed by atoms with Crippen molar-refractivity contribution in [3.8, 4) is 0 Å². The standard InChI is InChI=1S/C18H25N3/c1-3-16(19)18(17-12-8-9-13-20-17)21(4-2)14-15-10-6-5-7-11-15/h5-13,16,18H,3-4,14,19H2,1-2H3. The monoisotopic (exact) mass is 283 g/mol. The first-order chi connectivity index (χ1) is 10.3. The van der Waals surface area contributed by atoms with Gasteiger partial charge >= 0.3 is 0 Å². The molecule has 0 amide bonds. The summed E-state index contributed by atoms with van der Waals surface area (Å²) in [6.45, 7) is 6.16. The normalized spacial score (nSPS) is 14.1. The molecular weight excluding hydrogens is 258 g/mol. The summed E-state index contributed by atoms with van der Waals surface area (Å²) < 4.78 is 0. The van der Waals surface area contributed by atoms with Gasteiger partial charge in [0.05, 0.1) is 11.7 Å². The molecule has 0 saturated heterocycles. The minimum atomic E-state index is 0.0866. The molecule has 3 nitrogen and oxygen atoms in total. The molecule has 2 N–H and O–H groups in total. The Kier molecular flexibility index (Phi) is 5.90. The summed E-state index contributed by atoms with van der Waals surface area (Å²) in [5.74, 6) is 0. The fraction of sp³-hybridized carbons (Fsp3) is 0.389. The summed E-state index contributed by atoms with van der Waals surface area (Å²) in [6, 6.07) is 16.8. The number of benzene rings is 1. The van der Waals surface area contributed by atoms with Gasteiger partial charge in [0.2, 0.25) is 0 Å². The maximum atomic E-state index is 6.40. The number of rotatable bonds is 7. The lowest BCUT2D eigenvalue weighted by atomic mass is 9.99. The van der Waals surface area contributed by atoms with E-state index < -0.39 is 0 Å². The molecule has 0 saturated carbocycles. The Morgan fingerprint density at radius 3 is 2.33 bits per heavy atom. The van der Waals surface area contributed by atoms with Crippen LogP contribution >= 0.6 is 0 Å². The Labute approximate surface area is 127 Å². The van der Waals surface area contributed by atoms with Crippen LogP contribution in [0.4, 0.5) is 0 Å². The number of hydrogen-bond acceptors (Lipinski definition) is 3. The van der Waals surface area contributed by atoms with Crippen molar-refractivity contribution < 1.29 is 0 Å². The number of nitrogens with zero attached hydrogens (tertiary/aromatic N) is 2. The maximum absolute atomic E-state index is 6.40. The second-order valence-corrected chi connectivity index (χ2v) is 5.32. The minimum Gasteiger partial charge on any atom is -0.326 e. The van der Waals surface area contributed by atoms with E-state index >= 15 is 0 Å². The first-order valence-corrected chi connectivity index (χ1v) is 7.70. The molecule has 0 spiro atoms. The highest BCUT2D eigenvalue weighted by Gasteiger charge is 2.25. The van der Waals surface area contributed by atoms with Gasteiger partial charge in [0.15, 0.2) is 0 Å². The molecule has 0 aliphatic heterocycles. The Bertz CT molecular complexity index is 513. The van der Waals surface area contributed by atoms with Gasteiger partial charge < -0.3 is 5.73 Å². The molecule has 0 fully saturated rings. The molecule has 1 aromatic heterocycles. The van der Waals surface area contributed by atoms with Crippen molar-refractivity contribution in [1.29, 1.82) is 0 Å². The smallest absolute Gasteiger partial charge is 0.0676 e. The van der Waals surface area contributed by atoms with Crippen molar-refractivity contribution in [3.05, 3.63) is 66.0 Å². The van der Waals surface area contributed by atoms with Crippen molar-refractivity contribution in [2.45, 2.75) is 38.9 Å². The van der Waals surface area contributed by atoms with Crippen LogP contribution in [0.1, 0.15) is 37.6 Å². The largest absolute Gasteiger partial charge is 0.326 e. The second kappa shape index (κ2) is 7.91. The van der Waals surface area contributed by atoms with Gasteiger partial charge in [0, 0.05) is 18.8 Å². The molecule has 112 valence electrons. The zero-order valence-electron chi connectivity index (χ0n) is 12.9. The van der Waals surface area contributed by atoms with E-state index in [2.05, 4.69) is 54.1 Å². The van der Waals surface area contributed by atoms with E-state index in [1.165, 1.54) is 5.56 Å². The molecule has 1 aromatic carbocycles. The van der Waals surface area contributed by atoms with Gasteiger partial charge in [0.1, 0.15) is 0 Å². The number of likely N-dealkylation sites (N-methyl/N-ethyl adjacent to an activating group) is 1. The summed E-state index contributed by atoms with van der Waals surface area (Å²) in [5, 5.41) is 0. The van der Waals surface area contributed by atoms with Crippen LogP contribution in [0.25, 0.3) is 0 Å². The van der Waals surface area contributed by atoms with Crippen LogP contribution in [0.2, 0.25) is 0 Å². The van der Waals surface area contributed by atoms with Gasteiger partial charge in [0.25, 0.3) is 0 Å². The zero-order chi connectivity index (χ0) is 15.1. The van der Waals surface area contributed by atoms with E-state index in [0.717, 1.165) is 25.2 Å². The fourth-order valence-corrected chi connectivity index (χ4v) is 2.68. The van der Waals surface area contributed by atoms with Crippen molar-refractivity contribution in [2.24, 2.45) is 5.73 Å². The summed E-state index contributed by atoms with van der Waals surface area (Å²) in [4.78, 5) is 6.95. The fourth-order valence-electron chi connectivity index (χ4n) is 2.68. The van der Waals surface area contributed by atoms with E-state index in [0.29, 0.717) is 0 Å². The number of pyridine rings is 1. The van der Waals surface area contributed by atoms with Crippen LogP contribution in [0, 0.1) is 0 Å². The lowest BCUT2D eigenvalue weighted by molar-refractivity contribution is 0.165. The van der Waals surface area contributed by atoms with Gasteiger partial charge in [-0.25, -0.2) is 0 Å². The van der Waals surface area contributed by atoms with Crippen LogP contribution in [0.5, 0.6) is 0 Å². The van der Waals surface area contributed by atoms with E-state index in [1.54, 1.807) is 0 Å². The third kappa shape index (κ3) is 4.13. The van der Waals surface area contributed by atoms with Crippen LogP contribution in [-0.2, 0) is 6.54 Å². The predicted molar refractivity (Wildman–Crippen MR) is 87.8 cm³/mol. The molecule has 0 aliphatic rings. The number of aromatic nitrogens is 1. The molecule has 3 heteroatoms. The first-order valence-electron chi connectivity index (χ1n) is 7.70. The summed E-state index contributed by atoms with van der Waals surface area (Å²) in [7, 11) is 0. The van der Waals surface area contributed by atoms with Crippen molar-refractivity contribution in [1.82, 2.24) is 9.88 Å². The molecule has 2 aromatic rings. The summed E-state index contributed by atoms with van der Waals surface area (Å²) in [6.07, 6.45) is 2.79. The van der Waals surface area contributed by atoms with Crippen LogP contribution in [-0.4, -0.2) is 22.5 Å². The lowest BCUT2D eigenvalue weighted by Gasteiger charge is -2.34. The molecule has 2 atom stereocenters. The van der Waals surface area contributed by atoms with E-state index in [9.17, 15) is 0 Å². The van der Waals surface area contributed by atoms with E-state index in [1.807, 2.05) is 24.4 Å². The molecule has 0 radical (unpaired) electrons. The van der Waals surface area contributed by atoms with Gasteiger partial charge in [-0.05, 0) is 30.7 Å². The maximum Gasteiger partial charge on any atom is 0.0676 e. The quantitative estimate of drug-likeness (QED) is 0.847. The van der Waals surface area contributed by atoms with E-state index in [4.69, 9.17) is 5.73 Å². The third-order valence-corrected chi connectivity index (χ3v) is 3.90. The molecule has 2 unspecified atom stereocenters.